The summed E-state index contributed by atoms with van der Waals surface area (Å²) in [5.74, 6) is -0.211. The van der Waals surface area contributed by atoms with Crippen molar-refractivity contribution in [2.24, 2.45) is 0 Å². The number of hydrogen-bond donors (Lipinski definition) is 0. The summed E-state index contributed by atoms with van der Waals surface area (Å²) in [6, 6.07) is 22.9. The van der Waals surface area contributed by atoms with Crippen LogP contribution in [-0.4, -0.2) is 30.6 Å². The summed E-state index contributed by atoms with van der Waals surface area (Å²) in [6.07, 6.45) is 1.50. The van der Waals surface area contributed by atoms with Gasteiger partial charge in [-0.1, -0.05) is 48.0 Å². The first-order valence-electron chi connectivity index (χ1n) is 12.2. The first-order chi connectivity index (χ1) is 19.6. The predicted molar refractivity (Wildman–Crippen MR) is 159 cm³/mol. The number of carbonyl (C=O) groups is 1. The number of carbonyl (C=O) groups excluding carboxylic acids is 1. The van der Waals surface area contributed by atoms with E-state index >= 15 is 0 Å². The second-order valence-electron chi connectivity index (χ2n) is 8.89. The second kappa shape index (κ2) is 12.9. The summed E-state index contributed by atoms with van der Waals surface area (Å²) in [4.78, 5) is 12.7. The molecule has 11 heteroatoms. The molecule has 0 N–H and O–H groups in total. The van der Waals surface area contributed by atoms with Crippen LogP contribution < -0.4 is 13.3 Å². The Morgan fingerprint density at radius 1 is 0.756 bits per heavy atom. The molecule has 41 heavy (non-hydrogen) atoms. The van der Waals surface area contributed by atoms with Crippen LogP contribution in [0.15, 0.2) is 91.5 Å². The van der Waals surface area contributed by atoms with Crippen molar-refractivity contribution in [1.82, 2.24) is 0 Å². The zero-order chi connectivity index (χ0) is 29.7. The Bertz CT molecular complexity index is 1620. The highest BCUT2D eigenvalue weighted by molar-refractivity contribution is 7.81. The Morgan fingerprint density at radius 3 is 1.68 bits per heavy atom. The summed E-state index contributed by atoms with van der Waals surface area (Å²) >= 11 is -5.37. The number of benzene rings is 4. The van der Waals surface area contributed by atoms with E-state index in [1.54, 1.807) is 54.6 Å². The molecule has 0 aliphatic rings. The van der Waals surface area contributed by atoms with E-state index in [0.29, 0.717) is 28.4 Å². The third kappa shape index (κ3) is 6.72. The second-order valence-corrected chi connectivity index (χ2v) is 10.5. The maximum absolute atomic E-state index is 12.7. The van der Waals surface area contributed by atoms with Gasteiger partial charge in [0, 0.05) is 5.56 Å². The zero-order valence-corrected chi connectivity index (χ0v) is 24.1. The van der Waals surface area contributed by atoms with E-state index in [9.17, 15) is 22.3 Å². The molecule has 2 atom stereocenters. The maximum Gasteiger partial charge on any atom is 0.340 e. The summed E-state index contributed by atoms with van der Waals surface area (Å²) in [5.41, 5.74) is 3.59. The molecule has 0 aliphatic heterocycles. The van der Waals surface area contributed by atoms with E-state index in [-0.39, 0.29) is 17.0 Å². The lowest BCUT2D eigenvalue weighted by atomic mass is 10.1. The van der Waals surface area contributed by atoms with Gasteiger partial charge in [0.2, 0.25) is 0 Å². The molecule has 0 aromatic heterocycles. The minimum atomic E-state index is -2.75. The summed E-state index contributed by atoms with van der Waals surface area (Å²) in [7, 11) is 1.19. The van der Waals surface area contributed by atoms with Crippen molar-refractivity contribution in [2.75, 3.05) is 15.7 Å². The van der Waals surface area contributed by atoms with Crippen molar-refractivity contribution in [3.05, 3.63) is 114 Å². The molecule has 0 saturated carbocycles. The fraction of sp³-hybridized carbons (Fsp3) is 0.100. The fourth-order valence-corrected chi connectivity index (χ4v) is 5.32. The zero-order valence-electron chi connectivity index (χ0n) is 22.4. The highest BCUT2D eigenvalue weighted by Gasteiger charge is 2.21. The van der Waals surface area contributed by atoms with Crippen LogP contribution in [0.3, 0.4) is 0 Å². The Balaban J connectivity index is 1.71. The molecule has 2 unspecified atom stereocenters. The van der Waals surface area contributed by atoms with Crippen LogP contribution in [0, 0.1) is 13.8 Å². The van der Waals surface area contributed by atoms with Crippen LogP contribution in [0.1, 0.15) is 27.0 Å². The van der Waals surface area contributed by atoms with E-state index < -0.39 is 28.5 Å². The molecule has 0 bridgehead atoms. The summed E-state index contributed by atoms with van der Waals surface area (Å²) < 4.78 is 61.9. The van der Waals surface area contributed by atoms with Crippen molar-refractivity contribution in [3.8, 4) is 11.5 Å². The lowest BCUT2D eigenvalue weighted by Crippen LogP contribution is -2.22. The normalized spacial score (nSPS) is 12.2. The van der Waals surface area contributed by atoms with E-state index in [0.717, 1.165) is 19.7 Å². The molecule has 0 fully saturated rings. The van der Waals surface area contributed by atoms with Gasteiger partial charge < -0.3 is 18.6 Å². The highest BCUT2D eigenvalue weighted by atomic mass is 32.2. The maximum atomic E-state index is 12.7. The van der Waals surface area contributed by atoms with Crippen molar-refractivity contribution < 1.29 is 31.8 Å². The lowest BCUT2D eigenvalue weighted by molar-refractivity contribution is 0.0601. The Labute approximate surface area is 243 Å². The van der Waals surface area contributed by atoms with E-state index in [4.69, 9.17) is 9.47 Å². The molecule has 0 radical (unpaired) electrons. The largest absolute Gasteiger partial charge is 0.755 e. The molecule has 0 spiro atoms. The van der Waals surface area contributed by atoms with Crippen LogP contribution >= 0.6 is 0 Å². The van der Waals surface area contributed by atoms with Gasteiger partial charge in [-0.15, -0.1) is 0 Å². The quantitative estimate of drug-likeness (QED) is 0.155. The molecule has 0 saturated heterocycles. The monoisotopic (exact) mass is 590 g/mol. The topological polar surface area (TPSA) is 122 Å². The average Bonchev–Trinajstić information content (AvgIpc) is 2.95. The van der Waals surface area contributed by atoms with Gasteiger partial charge in [0.05, 0.1) is 58.0 Å². The standard InChI is InChI=1S/C30H28N2O7S2/c1-5-22-18-25(14-16-28(22)31(40(34)35)23-10-6-20(2)7-11-23)39-26-15-17-29(27(19-26)30(33)38-4)32(41(36)37)24-12-8-21(3)9-13-24/h5-19H,1H2,2-4H3,(H,34,35)(H,36,37)/p-2. The van der Waals surface area contributed by atoms with Crippen molar-refractivity contribution in [1.29, 1.82) is 0 Å². The number of anilines is 4. The van der Waals surface area contributed by atoms with Gasteiger partial charge in [0.15, 0.2) is 0 Å². The SMILES string of the molecule is C=Cc1cc(Oc2ccc(N(c3ccc(C)cc3)S(=O)[O-])c(C(=O)OC)c2)ccc1N(c1ccc(C)cc1)S(=O)[O-]. The van der Waals surface area contributed by atoms with E-state index in [1.807, 2.05) is 26.0 Å². The Morgan fingerprint density at radius 2 is 1.22 bits per heavy atom. The van der Waals surface area contributed by atoms with Gasteiger partial charge in [-0.25, -0.2) is 4.79 Å². The molecule has 4 aromatic carbocycles. The van der Waals surface area contributed by atoms with E-state index in [2.05, 4.69) is 6.58 Å². The van der Waals surface area contributed by atoms with Crippen LogP contribution in [0.4, 0.5) is 22.7 Å². The molecule has 4 aromatic rings. The fourth-order valence-electron chi connectivity index (χ4n) is 4.08. The molecule has 4 rings (SSSR count). The number of hydrogen-bond acceptors (Lipinski definition) is 7. The minimum absolute atomic E-state index is 0.0392. The van der Waals surface area contributed by atoms with Gasteiger partial charge in [0.1, 0.15) is 11.5 Å². The molecule has 0 heterocycles. The summed E-state index contributed by atoms with van der Waals surface area (Å²) in [5, 5.41) is 0. The third-order valence-corrected chi connectivity index (χ3v) is 7.51. The van der Waals surface area contributed by atoms with Gasteiger partial charge in [-0.05, 0) is 74.5 Å². The summed E-state index contributed by atoms with van der Waals surface area (Å²) in [6.45, 7) is 7.59. The number of rotatable bonds is 10. The molecular weight excluding hydrogens is 564 g/mol. The van der Waals surface area contributed by atoms with Gasteiger partial charge in [-0.2, -0.15) is 0 Å². The predicted octanol–water partition coefficient (Wildman–Crippen LogP) is 6.39. The van der Waals surface area contributed by atoms with Crippen molar-refractivity contribution in [3.63, 3.8) is 0 Å². The molecule has 9 nitrogen and oxygen atoms in total. The van der Waals surface area contributed by atoms with Crippen LogP contribution in [-0.2, 0) is 27.3 Å². The lowest BCUT2D eigenvalue weighted by Gasteiger charge is -2.28. The molecule has 212 valence electrons. The number of aryl methyl sites for hydroxylation is 2. The van der Waals surface area contributed by atoms with Crippen LogP contribution in [0.2, 0.25) is 0 Å². The smallest absolute Gasteiger partial charge is 0.340 e. The first kappa shape index (κ1) is 29.7. The number of nitrogens with zero attached hydrogens (tertiary/aromatic N) is 2. The van der Waals surface area contributed by atoms with Crippen LogP contribution in [0.5, 0.6) is 11.5 Å². The van der Waals surface area contributed by atoms with Crippen LogP contribution in [0.25, 0.3) is 6.08 Å². The van der Waals surface area contributed by atoms with E-state index in [1.165, 1.54) is 31.4 Å². The minimum Gasteiger partial charge on any atom is -0.755 e. The van der Waals surface area contributed by atoms with Gasteiger partial charge in [0.25, 0.3) is 0 Å². The molecule has 0 aliphatic carbocycles. The molecule has 0 amide bonds. The third-order valence-electron chi connectivity index (χ3n) is 6.10. The van der Waals surface area contributed by atoms with Crippen molar-refractivity contribution >= 4 is 57.3 Å². The van der Waals surface area contributed by atoms with Gasteiger partial charge >= 0.3 is 5.97 Å². The van der Waals surface area contributed by atoms with Crippen molar-refractivity contribution in [2.45, 2.75) is 13.8 Å². The first-order valence-corrected chi connectivity index (χ1v) is 14.3. The van der Waals surface area contributed by atoms with Gasteiger partial charge in [-0.3, -0.25) is 17.0 Å². The number of methoxy groups -OCH3 is 1. The average molecular weight is 591 g/mol. The Kier molecular flexibility index (Phi) is 9.35. The molecular formula is C30H26N2O7S2-2. The Hall–Kier alpha value is -4.29. The highest BCUT2D eigenvalue weighted by Crippen LogP contribution is 2.37. The number of esters is 1. The number of ether oxygens (including phenoxy) is 2.